The van der Waals surface area contributed by atoms with Crippen LogP contribution in [0, 0.1) is 17.8 Å². The summed E-state index contributed by atoms with van der Waals surface area (Å²) in [7, 11) is 0. The van der Waals surface area contributed by atoms with Crippen LogP contribution in [0.5, 0.6) is 0 Å². The molecule has 0 spiro atoms. The van der Waals surface area contributed by atoms with E-state index in [1.807, 2.05) is 0 Å². The van der Waals surface area contributed by atoms with Gasteiger partial charge in [0.05, 0.1) is 5.92 Å². The highest BCUT2D eigenvalue weighted by Gasteiger charge is 2.58. The summed E-state index contributed by atoms with van der Waals surface area (Å²) in [6.45, 7) is 0. The van der Waals surface area contributed by atoms with Gasteiger partial charge < -0.3 is 15.9 Å². The minimum Gasteiger partial charge on any atom is -0.481 e. The summed E-state index contributed by atoms with van der Waals surface area (Å²) in [5, 5.41) is 18.0. The van der Waals surface area contributed by atoms with Gasteiger partial charge in [-0.05, 0) is 18.8 Å². The van der Waals surface area contributed by atoms with Crippen LogP contribution in [0.4, 0.5) is 0 Å². The molecule has 0 aromatic carbocycles. The number of hydrogen-bond acceptors (Lipinski definition) is 3. The summed E-state index contributed by atoms with van der Waals surface area (Å²) < 4.78 is 0. The fourth-order valence-corrected chi connectivity index (χ4v) is 2.61. The van der Waals surface area contributed by atoms with Gasteiger partial charge in [0.25, 0.3) is 0 Å². The van der Waals surface area contributed by atoms with Crippen molar-refractivity contribution in [2.45, 2.75) is 37.6 Å². The van der Waals surface area contributed by atoms with E-state index in [0.29, 0.717) is 18.8 Å². The quantitative estimate of drug-likeness (QED) is 0.641. The van der Waals surface area contributed by atoms with E-state index < -0.39 is 23.4 Å². The lowest BCUT2D eigenvalue weighted by molar-refractivity contribution is -0.146. The molecule has 0 amide bonds. The van der Waals surface area contributed by atoms with E-state index in [1.165, 1.54) is 0 Å². The normalized spacial score (nSPS) is 32.6. The summed E-state index contributed by atoms with van der Waals surface area (Å²) >= 11 is 0. The Balaban J connectivity index is 2.04. The second-order valence-electron chi connectivity index (χ2n) is 5.13. The zero-order valence-electron chi connectivity index (χ0n) is 9.06. The van der Waals surface area contributed by atoms with E-state index in [1.54, 1.807) is 0 Å². The monoisotopic (exact) mass is 227 g/mol. The van der Waals surface area contributed by atoms with E-state index in [9.17, 15) is 14.7 Å². The van der Waals surface area contributed by atoms with Crippen LogP contribution in [0.25, 0.3) is 0 Å². The van der Waals surface area contributed by atoms with Gasteiger partial charge in [0.2, 0.25) is 0 Å². The first-order valence-corrected chi connectivity index (χ1v) is 5.70. The molecule has 3 atom stereocenters. The van der Waals surface area contributed by atoms with Gasteiger partial charge in [-0.15, -0.1) is 0 Å². The minimum atomic E-state index is -1.33. The fourth-order valence-electron chi connectivity index (χ4n) is 2.61. The molecule has 1 unspecified atom stereocenters. The standard InChI is InChI=1S/C11H17NO4/c12-11(10(15)16,5-6-2-1-3-6)8-4-7(8)9(13)14/h6-8H,1-5,12H2,(H,13,14)(H,15,16)/t7-,8?,11+/m0/s1. The molecule has 0 aromatic rings. The number of carbonyl (C=O) groups is 2. The van der Waals surface area contributed by atoms with E-state index in [4.69, 9.17) is 10.8 Å². The van der Waals surface area contributed by atoms with E-state index >= 15 is 0 Å². The predicted octanol–water partition coefficient (Wildman–Crippen LogP) is 0.679. The smallest absolute Gasteiger partial charge is 0.324 e. The number of rotatable bonds is 5. The summed E-state index contributed by atoms with van der Waals surface area (Å²) in [5.41, 5.74) is 4.60. The van der Waals surface area contributed by atoms with Gasteiger partial charge >= 0.3 is 11.9 Å². The van der Waals surface area contributed by atoms with E-state index in [-0.39, 0.29) is 5.92 Å². The van der Waals surface area contributed by atoms with Crippen LogP contribution in [0.3, 0.4) is 0 Å². The summed E-state index contributed by atoms with van der Waals surface area (Å²) in [4.78, 5) is 22.0. The topological polar surface area (TPSA) is 101 Å². The molecular formula is C11H17NO4. The Labute approximate surface area is 93.6 Å². The molecule has 2 saturated carbocycles. The van der Waals surface area contributed by atoms with Gasteiger partial charge in [0, 0.05) is 5.92 Å². The molecule has 2 rings (SSSR count). The maximum atomic E-state index is 11.2. The number of carboxylic acid groups (broad SMARTS) is 2. The highest BCUT2D eigenvalue weighted by Crippen LogP contribution is 2.49. The van der Waals surface area contributed by atoms with Crippen molar-refractivity contribution in [3.8, 4) is 0 Å². The third-order valence-corrected chi connectivity index (χ3v) is 4.02. The lowest BCUT2D eigenvalue weighted by Crippen LogP contribution is -2.52. The van der Waals surface area contributed by atoms with E-state index in [2.05, 4.69) is 0 Å². The second kappa shape index (κ2) is 3.73. The summed E-state index contributed by atoms with van der Waals surface area (Å²) in [6, 6.07) is 0. The first kappa shape index (κ1) is 11.4. The van der Waals surface area contributed by atoms with Crippen LogP contribution in [0.15, 0.2) is 0 Å². The average Bonchev–Trinajstić information content (AvgIpc) is 2.90. The predicted molar refractivity (Wildman–Crippen MR) is 55.7 cm³/mol. The highest BCUT2D eigenvalue weighted by atomic mass is 16.4. The maximum Gasteiger partial charge on any atom is 0.324 e. The van der Waals surface area contributed by atoms with Gasteiger partial charge in [-0.3, -0.25) is 9.59 Å². The fraction of sp³-hybridized carbons (Fsp3) is 0.818. The lowest BCUT2D eigenvalue weighted by Gasteiger charge is -2.34. The van der Waals surface area contributed by atoms with Crippen molar-refractivity contribution in [3.63, 3.8) is 0 Å². The first-order chi connectivity index (χ1) is 7.45. The van der Waals surface area contributed by atoms with Gasteiger partial charge in [-0.2, -0.15) is 0 Å². The van der Waals surface area contributed by atoms with Crippen molar-refractivity contribution in [2.24, 2.45) is 23.5 Å². The SMILES string of the molecule is N[C@@](CC1CCC1)(C(=O)O)C1C[C@@H]1C(=O)O. The van der Waals surface area contributed by atoms with Gasteiger partial charge in [-0.25, -0.2) is 0 Å². The van der Waals surface area contributed by atoms with Crippen molar-refractivity contribution >= 4 is 11.9 Å². The van der Waals surface area contributed by atoms with Crippen molar-refractivity contribution in [1.29, 1.82) is 0 Å². The molecule has 90 valence electrons. The molecule has 0 aliphatic heterocycles. The van der Waals surface area contributed by atoms with Crippen LogP contribution in [-0.2, 0) is 9.59 Å². The number of carboxylic acids is 2. The molecule has 5 heteroatoms. The summed E-state index contributed by atoms with van der Waals surface area (Å²) in [6.07, 6.45) is 4.02. The summed E-state index contributed by atoms with van der Waals surface area (Å²) in [5.74, 6) is -2.54. The molecule has 2 fully saturated rings. The molecule has 4 N–H and O–H groups in total. The van der Waals surface area contributed by atoms with Gasteiger partial charge in [0.1, 0.15) is 5.54 Å². The lowest BCUT2D eigenvalue weighted by atomic mass is 9.74. The average molecular weight is 227 g/mol. The number of hydrogen-bond donors (Lipinski definition) is 3. The zero-order chi connectivity index (χ0) is 11.9. The Hall–Kier alpha value is -1.10. The first-order valence-electron chi connectivity index (χ1n) is 5.70. The van der Waals surface area contributed by atoms with E-state index in [0.717, 1.165) is 19.3 Å². The molecule has 5 nitrogen and oxygen atoms in total. The van der Waals surface area contributed by atoms with Crippen LogP contribution in [0.2, 0.25) is 0 Å². The Morgan fingerprint density at radius 1 is 1.31 bits per heavy atom. The molecule has 0 radical (unpaired) electrons. The Bertz CT molecular complexity index is 326. The largest absolute Gasteiger partial charge is 0.481 e. The molecule has 0 aromatic heterocycles. The highest BCUT2D eigenvalue weighted by molar-refractivity contribution is 5.83. The second-order valence-corrected chi connectivity index (χ2v) is 5.13. The van der Waals surface area contributed by atoms with Gasteiger partial charge in [0.15, 0.2) is 0 Å². The Morgan fingerprint density at radius 3 is 2.25 bits per heavy atom. The molecule has 0 saturated heterocycles. The number of aliphatic carboxylic acids is 2. The molecule has 2 aliphatic carbocycles. The van der Waals surface area contributed by atoms with Crippen molar-refractivity contribution in [1.82, 2.24) is 0 Å². The third kappa shape index (κ3) is 1.80. The Kier molecular flexibility index (Phi) is 2.66. The molecule has 16 heavy (non-hydrogen) atoms. The zero-order valence-corrected chi connectivity index (χ0v) is 9.06. The maximum absolute atomic E-state index is 11.2. The van der Waals surface area contributed by atoms with Crippen LogP contribution in [0.1, 0.15) is 32.1 Å². The minimum absolute atomic E-state index is 0.371. The van der Waals surface area contributed by atoms with Crippen molar-refractivity contribution < 1.29 is 19.8 Å². The molecule has 0 bridgehead atoms. The molecular weight excluding hydrogens is 210 g/mol. The van der Waals surface area contributed by atoms with Crippen molar-refractivity contribution in [3.05, 3.63) is 0 Å². The van der Waals surface area contributed by atoms with Crippen LogP contribution >= 0.6 is 0 Å². The van der Waals surface area contributed by atoms with Crippen LogP contribution in [-0.4, -0.2) is 27.7 Å². The Morgan fingerprint density at radius 2 is 1.94 bits per heavy atom. The number of nitrogens with two attached hydrogens (primary N) is 1. The van der Waals surface area contributed by atoms with Crippen molar-refractivity contribution in [2.75, 3.05) is 0 Å². The third-order valence-electron chi connectivity index (χ3n) is 4.02. The molecule has 0 heterocycles. The van der Waals surface area contributed by atoms with Gasteiger partial charge in [-0.1, -0.05) is 19.3 Å². The van der Waals surface area contributed by atoms with Crippen LogP contribution < -0.4 is 5.73 Å². The molecule has 2 aliphatic rings.